The summed E-state index contributed by atoms with van der Waals surface area (Å²) in [6.07, 6.45) is 2.05. The molecule has 0 fully saturated rings. The molecule has 0 spiro atoms. The monoisotopic (exact) mass is 1170 g/mol. The zero-order chi connectivity index (χ0) is 60.1. The summed E-state index contributed by atoms with van der Waals surface area (Å²) in [5, 5.41) is 17.1. The second-order valence-corrected chi connectivity index (χ2v) is 21.6. The van der Waals surface area contributed by atoms with E-state index < -0.39 is 81.0 Å². The number of amides is 6. The van der Waals surface area contributed by atoms with Crippen molar-refractivity contribution < 1.29 is 49.7 Å². The van der Waals surface area contributed by atoms with E-state index in [0.29, 0.717) is 63.5 Å². The minimum Gasteiger partial charge on any atom is -0.354 e. The van der Waals surface area contributed by atoms with Crippen LogP contribution in [-0.2, 0) is 23.9 Å². The fourth-order valence-corrected chi connectivity index (χ4v) is 9.47. The van der Waals surface area contributed by atoms with Gasteiger partial charge in [-0.1, -0.05) is 24.3 Å². The molecule has 1 atom stereocenters. The zero-order valence-electron chi connectivity index (χ0n) is 46.0. The number of fused-ring (bicyclic) bond motifs is 2. The topological polar surface area (TPSA) is 216 Å². The highest BCUT2D eigenvalue weighted by molar-refractivity contribution is 7.84. The van der Waals surface area contributed by atoms with Crippen LogP contribution in [0.1, 0.15) is 70.2 Å². The molecule has 2 aliphatic rings. The first-order valence-electron chi connectivity index (χ1n) is 26.1. The summed E-state index contributed by atoms with van der Waals surface area (Å²) in [6.45, 7) is 10.9. The number of urea groups is 2. The molecule has 8 aromatic rings. The number of halogens is 6. The molecule has 432 valence electrons. The van der Waals surface area contributed by atoms with E-state index in [1.807, 2.05) is 6.92 Å². The van der Waals surface area contributed by atoms with Gasteiger partial charge < -0.3 is 31.9 Å². The Morgan fingerprint density at radius 3 is 1.44 bits per heavy atom. The summed E-state index contributed by atoms with van der Waals surface area (Å²) < 4.78 is 98.7. The molecule has 6 amide bonds. The molecule has 0 aliphatic carbocycles. The predicted octanol–water partition coefficient (Wildman–Crippen LogP) is 11.9. The maximum absolute atomic E-state index is 15.0. The van der Waals surface area contributed by atoms with Gasteiger partial charge in [-0.3, -0.25) is 13.8 Å². The first-order valence-corrected chi connectivity index (χ1v) is 27.6. The van der Waals surface area contributed by atoms with Crippen molar-refractivity contribution in [3.8, 4) is 22.5 Å². The second-order valence-electron chi connectivity index (χ2n) is 20.4. The number of carbonyl (C=O) groups is 4. The molecule has 17 nitrogen and oxygen atoms in total. The van der Waals surface area contributed by atoms with E-state index >= 15 is 8.78 Å². The number of aryl methyl sites for hydroxylation is 2. The summed E-state index contributed by atoms with van der Waals surface area (Å²) in [7, 11) is -1.73. The van der Waals surface area contributed by atoms with Crippen LogP contribution in [0.4, 0.5) is 76.3 Å². The lowest BCUT2D eigenvalue weighted by Gasteiger charge is -2.31. The molecular weight excluding hydrogens is 1110 g/mol. The number of rotatable bonds is 14. The highest BCUT2D eigenvalue weighted by atomic mass is 32.2. The zero-order valence-corrected chi connectivity index (χ0v) is 46.8. The number of hydrogen-bond donors (Lipinski definition) is 6. The van der Waals surface area contributed by atoms with Gasteiger partial charge in [0.05, 0.1) is 35.3 Å². The Balaban J connectivity index is 0.000000204. The van der Waals surface area contributed by atoms with Gasteiger partial charge in [0.15, 0.2) is 11.6 Å². The van der Waals surface area contributed by atoms with Crippen LogP contribution in [0.3, 0.4) is 0 Å². The largest absolute Gasteiger partial charge is 0.354 e. The van der Waals surface area contributed by atoms with Crippen LogP contribution in [0.2, 0.25) is 0 Å². The SMILES string of the molecule is Cc1ccc(C(=O)Nc2ccc(F)cc2)cc1-c1nc(NCCCNC(C)(C)C)nc2c1CNC(=O)N2c1c(F)cccc1F.Cc1ccc(C(=O)Nc2ccc(F)cc2)cc1-c1nc(S(C)=O)nc2c1CNC(=O)N2c1c(F)cccc1F. The van der Waals surface area contributed by atoms with Crippen molar-refractivity contribution >= 4 is 75.0 Å². The summed E-state index contributed by atoms with van der Waals surface area (Å²) in [6, 6.07) is 25.5. The number of nitrogens with one attached hydrogen (secondary N) is 6. The lowest BCUT2D eigenvalue weighted by Crippen LogP contribution is -2.43. The highest BCUT2D eigenvalue weighted by Crippen LogP contribution is 2.41. The first-order chi connectivity index (χ1) is 40.0. The minimum atomic E-state index is -1.73. The molecule has 6 aromatic carbocycles. The summed E-state index contributed by atoms with van der Waals surface area (Å²) >= 11 is 0. The van der Waals surface area contributed by atoms with E-state index in [1.54, 1.807) is 43.3 Å². The van der Waals surface area contributed by atoms with Crippen molar-refractivity contribution in [2.75, 3.05) is 45.1 Å². The molecule has 0 saturated heterocycles. The van der Waals surface area contributed by atoms with Gasteiger partial charge >= 0.3 is 12.1 Å². The number of benzene rings is 6. The Labute approximate surface area is 480 Å². The molecule has 2 aliphatic heterocycles. The van der Waals surface area contributed by atoms with Gasteiger partial charge in [-0.05, 0) is 156 Å². The normalized spacial score (nSPS) is 13.1. The molecule has 2 aromatic heterocycles. The van der Waals surface area contributed by atoms with E-state index in [-0.39, 0.29) is 52.6 Å². The van der Waals surface area contributed by atoms with Crippen molar-refractivity contribution in [3.63, 3.8) is 0 Å². The fourth-order valence-electron chi connectivity index (χ4n) is 9.03. The number of hydrogen-bond acceptors (Lipinski definition) is 11. The van der Waals surface area contributed by atoms with Crippen LogP contribution in [0.15, 0.2) is 126 Å². The number of aromatic nitrogens is 4. The number of carbonyl (C=O) groups excluding carboxylic acids is 4. The van der Waals surface area contributed by atoms with Gasteiger partial charge in [-0.15, -0.1) is 0 Å². The van der Waals surface area contributed by atoms with Crippen molar-refractivity contribution in [2.45, 2.75) is 64.8 Å². The van der Waals surface area contributed by atoms with Crippen LogP contribution in [-0.4, -0.2) is 72.9 Å². The quantitative estimate of drug-likeness (QED) is 0.0342. The molecule has 24 heteroatoms. The van der Waals surface area contributed by atoms with Crippen molar-refractivity contribution in [3.05, 3.63) is 190 Å². The third kappa shape index (κ3) is 13.2. The average molecular weight is 1170 g/mol. The summed E-state index contributed by atoms with van der Waals surface area (Å²) in [5.74, 6) is -5.59. The van der Waals surface area contributed by atoms with Gasteiger partial charge in [0.25, 0.3) is 11.8 Å². The maximum atomic E-state index is 15.0. The van der Waals surface area contributed by atoms with Gasteiger partial charge in [0.1, 0.15) is 46.3 Å². The number of para-hydroxylation sites is 2. The third-order valence-corrected chi connectivity index (χ3v) is 13.9. The minimum absolute atomic E-state index is 0.0166. The van der Waals surface area contributed by atoms with E-state index in [1.165, 1.54) is 66.9 Å². The average Bonchev–Trinajstić information content (AvgIpc) is 1.31. The maximum Gasteiger partial charge on any atom is 0.328 e. The predicted molar refractivity (Wildman–Crippen MR) is 308 cm³/mol. The van der Waals surface area contributed by atoms with Crippen LogP contribution in [0.5, 0.6) is 0 Å². The fraction of sp³-hybridized carbons (Fsp3) is 0.200. The highest BCUT2D eigenvalue weighted by Gasteiger charge is 2.36. The Morgan fingerprint density at radius 1 is 0.583 bits per heavy atom. The van der Waals surface area contributed by atoms with Gasteiger partial charge in [0, 0.05) is 63.1 Å². The molecule has 6 N–H and O–H groups in total. The third-order valence-electron chi connectivity index (χ3n) is 13.2. The molecular formula is C60H54F6N12O5S. The van der Waals surface area contributed by atoms with Crippen LogP contribution in [0.25, 0.3) is 22.5 Å². The van der Waals surface area contributed by atoms with Crippen molar-refractivity contribution in [2.24, 2.45) is 0 Å². The van der Waals surface area contributed by atoms with Gasteiger partial charge in [-0.25, -0.2) is 60.7 Å². The molecule has 84 heavy (non-hydrogen) atoms. The lowest BCUT2D eigenvalue weighted by molar-refractivity contribution is 0.101. The van der Waals surface area contributed by atoms with E-state index in [4.69, 9.17) is 4.98 Å². The second kappa shape index (κ2) is 24.9. The number of anilines is 7. The van der Waals surface area contributed by atoms with Crippen LogP contribution >= 0.6 is 0 Å². The van der Waals surface area contributed by atoms with E-state index in [0.717, 1.165) is 46.0 Å². The Bertz CT molecular complexity index is 3870. The molecule has 4 heterocycles. The molecule has 0 bridgehead atoms. The summed E-state index contributed by atoms with van der Waals surface area (Å²) in [4.78, 5) is 71.8. The first kappa shape index (κ1) is 59.1. The van der Waals surface area contributed by atoms with E-state index in [9.17, 15) is 40.9 Å². The van der Waals surface area contributed by atoms with Crippen molar-refractivity contribution in [1.29, 1.82) is 0 Å². The Kier molecular flexibility index (Phi) is 17.5. The molecule has 10 rings (SSSR count). The number of nitrogens with zero attached hydrogens (tertiary/aromatic N) is 6. The smallest absolute Gasteiger partial charge is 0.328 e. The molecule has 1 unspecified atom stereocenters. The van der Waals surface area contributed by atoms with Crippen molar-refractivity contribution in [1.82, 2.24) is 35.9 Å². The lowest BCUT2D eigenvalue weighted by atomic mass is 9.97. The van der Waals surface area contributed by atoms with E-state index in [2.05, 4.69) is 67.6 Å². The van der Waals surface area contributed by atoms with Gasteiger partial charge in [0.2, 0.25) is 11.1 Å². The Hall–Kier alpha value is -9.55. The molecule has 0 radical (unpaired) electrons. The van der Waals surface area contributed by atoms with Crippen LogP contribution in [0, 0.1) is 48.8 Å². The summed E-state index contributed by atoms with van der Waals surface area (Å²) in [5.41, 5.74) is 3.88. The van der Waals surface area contributed by atoms with Crippen LogP contribution < -0.4 is 41.7 Å². The Morgan fingerprint density at radius 2 is 1.01 bits per heavy atom. The molecule has 0 saturated carbocycles. The van der Waals surface area contributed by atoms with Gasteiger partial charge in [-0.2, -0.15) is 4.98 Å². The standard InChI is InChI=1S/C33H34F3N7O2.C27H20F3N5O3S/c1-19-9-10-20(30(44)40-22-13-11-21(34)12-14-22)17-23(19)27-24-18-38-32(45)43(28-25(35)7-5-8-26(28)36)29(24)42-31(41-27)37-15-6-16-39-33(2,3)4;1-14-6-7-15(25(36)32-17-10-8-16(28)9-11-17)12-18(14)22-19-13-31-27(37)35(23-20(29)4-3-5-21(23)30)24(19)34-26(33-22)39(2)38/h5,7-14,17,39H,6,15-16,18H2,1-4H3,(H,38,45)(H,40,44)(H,37,41,42);3-12H,13H2,1-2H3,(H,31,37)(H,32,36).